The molecule has 3 nitrogen and oxygen atoms in total. The standard InChI is InChI=1S/C15H18N2O/c1-10-4-6-13(11(2)8-10)14-7-5-12(9-16-3)15(18)17-14/h4-8,16H,9H2,1-3H3,(H,17,18). The highest BCUT2D eigenvalue weighted by Crippen LogP contribution is 2.21. The lowest BCUT2D eigenvalue weighted by molar-refractivity contribution is 0.805. The molecule has 0 saturated heterocycles. The number of hydrogen-bond acceptors (Lipinski definition) is 2. The van der Waals surface area contributed by atoms with Crippen LogP contribution in [0.25, 0.3) is 11.3 Å². The Morgan fingerprint density at radius 3 is 2.56 bits per heavy atom. The van der Waals surface area contributed by atoms with Gasteiger partial charge in [0.2, 0.25) is 0 Å². The van der Waals surface area contributed by atoms with E-state index < -0.39 is 0 Å². The second-order valence-corrected chi connectivity index (χ2v) is 4.58. The fraction of sp³-hybridized carbons (Fsp3) is 0.267. The van der Waals surface area contributed by atoms with Gasteiger partial charge in [-0.3, -0.25) is 4.79 Å². The van der Waals surface area contributed by atoms with Crippen molar-refractivity contribution in [3.63, 3.8) is 0 Å². The fourth-order valence-electron chi connectivity index (χ4n) is 2.11. The molecule has 18 heavy (non-hydrogen) atoms. The predicted molar refractivity (Wildman–Crippen MR) is 74.7 cm³/mol. The summed E-state index contributed by atoms with van der Waals surface area (Å²) in [5, 5.41) is 2.98. The van der Waals surface area contributed by atoms with Crippen LogP contribution in [0.1, 0.15) is 16.7 Å². The zero-order chi connectivity index (χ0) is 13.1. The zero-order valence-electron chi connectivity index (χ0n) is 11.0. The summed E-state index contributed by atoms with van der Waals surface area (Å²) >= 11 is 0. The van der Waals surface area contributed by atoms with Crippen molar-refractivity contribution >= 4 is 0 Å². The molecular weight excluding hydrogens is 224 g/mol. The highest BCUT2D eigenvalue weighted by Gasteiger charge is 2.05. The van der Waals surface area contributed by atoms with Crippen LogP contribution in [0.15, 0.2) is 35.1 Å². The molecule has 0 spiro atoms. The van der Waals surface area contributed by atoms with E-state index in [0.717, 1.165) is 16.8 Å². The molecule has 1 heterocycles. The predicted octanol–water partition coefficient (Wildman–Crippen LogP) is 2.38. The molecule has 0 unspecified atom stereocenters. The molecule has 2 N–H and O–H groups in total. The van der Waals surface area contributed by atoms with Gasteiger partial charge in [-0.1, -0.05) is 29.8 Å². The molecule has 0 aliphatic heterocycles. The lowest BCUT2D eigenvalue weighted by Gasteiger charge is -2.08. The number of aryl methyl sites for hydroxylation is 2. The highest BCUT2D eigenvalue weighted by atomic mass is 16.1. The van der Waals surface area contributed by atoms with Crippen LogP contribution in [0.2, 0.25) is 0 Å². The van der Waals surface area contributed by atoms with E-state index in [4.69, 9.17) is 0 Å². The van der Waals surface area contributed by atoms with Crippen LogP contribution in [0.3, 0.4) is 0 Å². The van der Waals surface area contributed by atoms with Crippen LogP contribution in [0.4, 0.5) is 0 Å². The van der Waals surface area contributed by atoms with Gasteiger partial charge in [0.25, 0.3) is 5.56 Å². The molecule has 0 radical (unpaired) electrons. The Hall–Kier alpha value is -1.87. The van der Waals surface area contributed by atoms with E-state index in [9.17, 15) is 4.79 Å². The lowest BCUT2D eigenvalue weighted by atomic mass is 10.0. The summed E-state index contributed by atoms with van der Waals surface area (Å²) < 4.78 is 0. The van der Waals surface area contributed by atoms with Crippen LogP contribution in [-0.2, 0) is 6.54 Å². The summed E-state index contributed by atoms with van der Waals surface area (Å²) in [6.45, 7) is 4.71. The van der Waals surface area contributed by atoms with Crippen LogP contribution in [-0.4, -0.2) is 12.0 Å². The number of rotatable bonds is 3. The molecule has 2 rings (SSSR count). The molecule has 94 valence electrons. The third kappa shape index (κ3) is 2.51. The molecule has 0 aliphatic rings. The Bertz CT molecular complexity index is 614. The van der Waals surface area contributed by atoms with E-state index in [1.807, 2.05) is 25.2 Å². The first kappa shape index (κ1) is 12.6. The average Bonchev–Trinajstić information content (AvgIpc) is 2.32. The molecule has 0 atom stereocenters. The monoisotopic (exact) mass is 242 g/mol. The molecule has 0 aliphatic carbocycles. The molecule has 1 aromatic heterocycles. The van der Waals surface area contributed by atoms with Gasteiger partial charge in [-0.25, -0.2) is 0 Å². The summed E-state index contributed by atoms with van der Waals surface area (Å²) in [5.41, 5.74) is 5.08. The summed E-state index contributed by atoms with van der Waals surface area (Å²) in [4.78, 5) is 14.8. The highest BCUT2D eigenvalue weighted by molar-refractivity contribution is 5.63. The van der Waals surface area contributed by atoms with Gasteiger partial charge in [0.05, 0.1) is 0 Å². The number of aromatic amines is 1. The van der Waals surface area contributed by atoms with Gasteiger partial charge >= 0.3 is 0 Å². The topological polar surface area (TPSA) is 44.9 Å². The molecule has 2 aromatic rings. The van der Waals surface area contributed by atoms with E-state index >= 15 is 0 Å². The van der Waals surface area contributed by atoms with Gasteiger partial charge < -0.3 is 10.3 Å². The maximum Gasteiger partial charge on any atom is 0.252 e. The largest absolute Gasteiger partial charge is 0.322 e. The molecule has 0 saturated carbocycles. The van der Waals surface area contributed by atoms with Gasteiger partial charge in [0.15, 0.2) is 0 Å². The molecule has 0 bridgehead atoms. The Morgan fingerprint density at radius 1 is 1.17 bits per heavy atom. The zero-order valence-corrected chi connectivity index (χ0v) is 11.0. The van der Waals surface area contributed by atoms with Crippen molar-refractivity contribution in [3.8, 4) is 11.3 Å². The Labute approximate surface area is 107 Å². The number of nitrogens with one attached hydrogen (secondary N) is 2. The molecule has 0 fully saturated rings. The van der Waals surface area contributed by atoms with Gasteiger partial charge in [-0.15, -0.1) is 0 Å². The van der Waals surface area contributed by atoms with Gasteiger partial charge in [0.1, 0.15) is 0 Å². The van der Waals surface area contributed by atoms with Crippen molar-refractivity contribution in [1.82, 2.24) is 10.3 Å². The second kappa shape index (κ2) is 5.19. The van der Waals surface area contributed by atoms with Crippen LogP contribution < -0.4 is 10.9 Å². The third-order valence-corrected chi connectivity index (χ3v) is 3.03. The van der Waals surface area contributed by atoms with E-state index in [-0.39, 0.29) is 5.56 Å². The summed E-state index contributed by atoms with van der Waals surface area (Å²) in [6, 6.07) is 10.1. The second-order valence-electron chi connectivity index (χ2n) is 4.58. The van der Waals surface area contributed by atoms with E-state index in [2.05, 4.69) is 36.3 Å². The van der Waals surface area contributed by atoms with Crippen LogP contribution >= 0.6 is 0 Å². The molecule has 3 heteroatoms. The van der Waals surface area contributed by atoms with E-state index in [1.54, 1.807) is 0 Å². The van der Waals surface area contributed by atoms with Crippen molar-refractivity contribution in [1.29, 1.82) is 0 Å². The summed E-state index contributed by atoms with van der Waals surface area (Å²) in [5.74, 6) is 0. The van der Waals surface area contributed by atoms with Crippen molar-refractivity contribution in [2.45, 2.75) is 20.4 Å². The minimum Gasteiger partial charge on any atom is -0.322 e. The van der Waals surface area contributed by atoms with Crippen molar-refractivity contribution in [2.75, 3.05) is 7.05 Å². The third-order valence-electron chi connectivity index (χ3n) is 3.03. The number of hydrogen-bond donors (Lipinski definition) is 2. The first-order valence-corrected chi connectivity index (χ1v) is 6.06. The molecule has 1 aromatic carbocycles. The normalized spacial score (nSPS) is 10.6. The lowest BCUT2D eigenvalue weighted by Crippen LogP contribution is -2.18. The Kier molecular flexibility index (Phi) is 3.63. The first-order chi connectivity index (χ1) is 8.61. The van der Waals surface area contributed by atoms with Crippen molar-refractivity contribution < 1.29 is 0 Å². The van der Waals surface area contributed by atoms with Crippen molar-refractivity contribution in [2.24, 2.45) is 0 Å². The Morgan fingerprint density at radius 2 is 1.94 bits per heavy atom. The molecule has 0 amide bonds. The first-order valence-electron chi connectivity index (χ1n) is 6.06. The number of pyridine rings is 1. The van der Waals surface area contributed by atoms with Crippen LogP contribution in [0.5, 0.6) is 0 Å². The maximum absolute atomic E-state index is 11.9. The van der Waals surface area contributed by atoms with E-state index in [0.29, 0.717) is 6.54 Å². The quantitative estimate of drug-likeness (QED) is 0.868. The minimum atomic E-state index is -0.0261. The van der Waals surface area contributed by atoms with Gasteiger partial charge in [-0.05, 0) is 32.5 Å². The van der Waals surface area contributed by atoms with Crippen molar-refractivity contribution in [3.05, 3.63) is 57.4 Å². The Balaban J connectivity index is 2.46. The van der Waals surface area contributed by atoms with E-state index in [1.165, 1.54) is 11.1 Å². The number of aromatic nitrogens is 1. The summed E-state index contributed by atoms with van der Waals surface area (Å²) in [7, 11) is 1.83. The number of benzene rings is 1. The minimum absolute atomic E-state index is 0.0261. The van der Waals surface area contributed by atoms with Gasteiger partial charge in [-0.2, -0.15) is 0 Å². The number of H-pyrrole nitrogens is 1. The SMILES string of the molecule is CNCc1ccc(-c2ccc(C)cc2C)[nH]c1=O. The smallest absolute Gasteiger partial charge is 0.252 e. The maximum atomic E-state index is 11.9. The molecular formula is C15H18N2O. The average molecular weight is 242 g/mol. The summed E-state index contributed by atoms with van der Waals surface area (Å²) in [6.07, 6.45) is 0. The fourth-order valence-corrected chi connectivity index (χ4v) is 2.11. The van der Waals surface area contributed by atoms with Crippen LogP contribution in [0, 0.1) is 13.8 Å². The van der Waals surface area contributed by atoms with Gasteiger partial charge in [0, 0.05) is 23.4 Å².